The van der Waals surface area contributed by atoms with Crippen LogP contribution in [0.2, 0.25) is 0 Å². The van der Waals surface area contributed by atoms with Crippen molar-refractivity contribution in [3.05, 3.63) is 96.2 Å². The minimum absolute atomic E-state index is 0.0556. The van der Waals surface area contributed by atoms with E-state index in [1.165, 1.54) is 0 Å². The summed E-state index contributed by atoms with van der Waals surface area (Å²) in [4.78, 5) is 24.3. The molecule has 8 heteroatoms. The van der Waals surface area contributed by atoms with Gasteiger partial charge >= 0.3 is 0 Å². The van der Waals surface area contributed by atoms with E-state index in [1.807, 2.05) is 70.4 Å². The zero-order valence-electron chi connectivity index (χ0n) is 19.6. The molecule has 0 atom stereocenters. The van der Waals surface area contributed by atoms with Crippen molar-refractivity contribution < 1.29 is 14.3 Å². The Labute approximate surface area is 204 Å². The zero-order chi connectivity index (χ0) is 24.0. The van der Waals surface area contributed by atoms with Crippen LogP contribution in [-0.2, 0) is 6.54 Å². The fourth-order valence-corrected chi connectivity index (χ4v) is 4.41. The quantitative estimate of drug-likeness (QED) is 0.395. The lowest BCUT2D eigenvalue weighted by atomic mass is 9.92. The molecule has 4 aromatic rings. The second-order valence-corrected chi connectivity index (χ2v) is 8.45. The molecule has 8 nitrogen and oxygen atoms in total. The highest BCUT2D eigenvalue weighted by molar-refractivity contribution is 5.95. The second kappa shape index (κ2) is 10.4. The summed E-state index contributed by atoms with van der Waals surface area (Å²) in [5.74, 6) is 2.17. The van der Waals surface area contributed by atoms with Gasteiger partial charge in [-0.3, -0.25) is 14.5 Å². The Balaban J connectivity index is 1.26. The predicted octanol–water partition coefficient (Wildman–Crippen LogP) is 4.54. The minimum atomic E-state index is 0.0556. The van der Waals surface area contributed by atoms with Gasteiger partial charge in [0.05, 0.1) is 13.7 Å². The molecule has 0 bridgehead atoms. The third kappa shape index (κ3) is 5.16. The maximum Gasteiger partial charge on any atom is 0.254 e. The van der Waals surface area contributed by atoms with Crippen molar-refractivity contribution in [3.8, 4) is 17.4 Å². The molecule has 1 saturated heterocycles. The van der Waals surface area contributed by atoms with Crippen LogP contribution in [0.5, 0.6) is 17.4 Å². The Hall–Kier alpha value is -4.20. The molecule has 1 aliphatic rings. The standard InChI is InChI=1S/C27H27N5O3/c1-34-22-7-9-23(10-8-22)35-26-25(28-14-15-29-26)20-11-17-31(18-12-20)27(33)24-6-3-2-5-21(24)19-32-16-4-13-30-32/h2-10,13-16,20H,11-12,17-19H2,1H3. The van der Waals surface area contributed by atoms with Crippen molar-refractivity contribution in [1.82, 2.24) is 24.6 Å². The van der Waals surface area contributed by atoms with Crippen LogP contribution in [0.15, 0.2) is 79.4 Å². The molecule has 1 aliphatic heterocycles. The van der Waals surface area contributed by atoms with Crippen LogP contribution in [-0.4, -0.2) is 50.8 Å². The van der Waals surface area contributed by atoms with E-state index in [4.69, 9.17) is 9.47 Å². The normalized spacial score (nSPS) is 14.0. The number of nitrogens with zero attached hydrogens (tertiary/aromatic N) is 5. The Morgan fingerprint density at radius 3 is 2.43 bits per heavy atom. The van der Waals surface area contributed by atoms with E-state index in [9.17, 15) is 4.79 Å². The van der Waals surface area contributed by atoms with Crippen LogP contribution in [0.3, 0.4) is 0 Å². The van der Waals surface area contributed by atoms with Gasteiger partial charge in [-0.25, -0.2) is 4.98 Å². The molecular formula is C27H27N5O3. The summed E-state index contributed by atoms with van der Waals surface area (Å²) >= 11 is 0. The molecule has 1 amide bonds. The monoisotopic (exact) mass is 469 g/mol. The zero-order valence-corrected chi connectivity index (χ0v) is 19.6. The number of aromatic nitrogens is 4. The van der Waals surface area contributed by atoms with Gasteiger partial charge in [0.25, 0.3) is 5.91 Å². The first-order chi connectivity index (χ1) is 17.2. The summed E-state index contributed by atoms with van der Waals surface area (Å²) in [6, 6.07) is 17.0. The van der Waals surface area contributed by atoms with Crippen LogP contribution in [0, 0.1) is 0 Å². The average Bonchev–Trinajstić information content (AvgIpc) is 3.43. The summed E-state index contributed by atoms with van der Waals surface area (Å²) < 4.78 is 13.1. The molecule has 2 aromatic carbocycles. The molecular weight excluding hydrogens is 442 g/mol. The van der Waals surface area contributed by atoms with E-state index >= 15 is 0 Å². The highest BCUT2D eigenvalue weighted by Crippen LogP contribution is 2.34. The number of methoxy groups -OCH3 is 1. The number of carbonyl (C=O) groups excluding carboxylic acids is 1. The number of ether oxygens (including phenoxy) is 2. The van der Waals surface area contributed by atoms with E-state index in [0.717, 1.165) is 35.4 Å². The molecule has 0 radical (unpaired) electrons. The molecule has 2 aromatic heterocycles. The average molecular weight is 470 g/mol. The first-order valence-corrected chi connectivity index (χ1v) is 11.7. The summed E-state index contributed by atoms with van der Waals surface area (Å²) in [7, 11) is 1.63. The van der Waals surface area contributed by atoms with Gasteiger partial charge in [0, 0.05) is 49.4 Å². The number of hydrogen-bond donors (Lipinski definition) is 0. The molecule has 1 fully saturated rings. The van der Waals surface area contributed by atoms with E-state index in [2.05, 4.69) is 15.1 Å². The van der Waals surface area contributed by atoms with Crippen molar-refractivity contribution >= 4 is 5.91 Å². The van der Waals surface area contributed by atoms with Crippen molar-refractivity contribution in [2.24, 2.45) is 0 Å². The van der Waals surface area contributed by atoms with Crippen LogP contribution in [0.4, 0.5) is 0 Å². The van der Waals surface area contributed by atoms with Crippen molar-refractivity contribution in [1.29, 1.82) is 0 Å². The first kappa shape index (κ1) is 22.6. The third-order valence-electron chi connectivity index (χ3n) is 6.27. The number of rotatable bonds is 7. The Kier molecular flexibility index (Phi) is 6.70. The molecule has 0 aliphatic carbocycles. The SMILES string of the molecule is COc1ccc(Oc2nccnc2C2CCN(C(=O)c3ccccc3Cn3cccn3)CC2)cc1. The smallest absolute Gasteiger partial charge is 0.254 e. The van der Waals surface area contributed by atoms with Crippen molar-refractivity contribution in [2.45, 2.75) is 25.3 Å². The van der Waals surface area contributed by atoms with Crippen molar-refractivity contribution in [3.63, 3.8) is 0 Å². The van der Waals surface area contributed by atoms with Crippen LogP contribution < -0.4 is 9.47 Å². The first-order valence-electron chi connectivity index (χ1n) is 11.7. The summed E-state index contributed by atoms with van der Waals surface area (Å²) in [6.45, 7) is 1.87. The highest BCUT2D eigenvalue weighted by Gasteiger charge is 2.28. The van der Waals surface area contributed by atoms with E-state index < -0.39 is 0 Å². The fourth-order valence-electron chi connectivity index (χ4n) is 4.41. The maximum absolute atomic E-state index is 13.4. The fraction of sp³-hybridized carbons (Fsp3) is 0.259. The van der Waals surface area contributed by atoms with Gasteiger partial charge in [-0.1, -0.05) is 18.2 Å². The molecule has 3 heterocycles. The minimum Gasteiger partial charge on any atom is -0.497 e. The van der Waals surface area contributed by atoms with Gasteiger partial charge in [-0.15, -0.1) is 0 Å². The molecule has 35 heavy (non-hydrogen) atoms. The van der Waals surface area contributed by atoms with E-state index in [0.29, 0.717) is 31.3 Å². The topological polar surface area (TPSA) is 82.4 Å². The van der Waals surface area contributed by atoms with Crippen LogP contribution >= 0.6 is 0 Å². The van der Waals surface area contributed by atoms with Gasteiger partial charge in [-0.2, -0.15) is 5.10 Å². The Morgan fingerprint density at radius 1 is 0.943 bits per heavy atom. The summed E-state index contributed by atoms with van der Waals surface area (Å²) in [5, 5.41) is 4.28. The van der Waals surface area contributed by atoms with Gasteiger partial charge in [0.1, 0.15) is 17.2 Å². The largest absolute Gasteiger partial charge is 0.497 e. The maximum atomic E-state index is 13.4. The van der Waals surface area contributed by atoms with Gasteiger partial charge in [0.15, 0.2) is 0 Å². The van der Waals surface area contributed by atoms with Crippen molar-refractivity contribution in [2.75, 3.05) is 20.2 Å². The van der Waals surface area contributed by atoms with Gasteiger partial charge < -0.3 is 14.4 Å². The number of benzene rings is 2. The summed E-state index contributed by atoms with van der Waals surface area (Å²) in [6.07, 6.45) is 8.57. The molecule has 0 N–H and O–H groups in total. The number of likely N-dealkylation sites (tertiary alicyclic amines) is 1. The molecule has 0 saturated carbocycles. The van der Waals surface area contributed by atoms with Crippen LogP contribution in [0.25, 0.3) is 0 Å². The third-order valence-corrected chi connectivity index (χ3v) is 6.27. The number of piperidine rings is 1. The van der Waals surface area contributed by atoms with Gasteiger partial charge in [0.2, 0.25) is 5.88 Å². The molecule has 0 unspecified atom stereocenters. The number of hydrogen-bond acceptors (Lipinski definition) is 6. The second-order valence-electron chi connectivity index (χ2n) is 8.45. The molecule has 0 spiro atoms. The van der Waals surface area contributed by atoms with E-state index in [1.54, 1.807) is 25.7 Å². The predicted molar refractivity (Wildman–Crippen MR) is 131 cm³/mol. The van der Waals surface area contributed by atoms with Gasteiger partial charge in [-0.05, 0) is 54.8 Å². The lowest BCUT2D eigenvalue weighted by Gasteiger charge is -2.32. The Bertz CT molecular complexity index is 1270. The van der Waals surface area contributed by atoms with E-state index in [-0.39, 0.29) is 11.8 Å². The Morgan fingerprint density at radius 2 is 1.69 bits per heavy atom. The number of carbonyl (C=O) groups is 1. The summed E-state index contributed by atoms with van der Waals surface area (Å²) in [5.41, 5.74) is 2.52. The van der Waals surface area contributed by atoms with Crippen LogP contribution in [0.1, 0.15) is 40.4 Å². The highest BCUT2D eigenvalue weighted by atomic mass is 16.5. The molecule has 178 valence electrons. The lowest BCUT2D eigenvalue weighted by molar-refractivity contribution is 0.0710. The molecule has 5 rings (SSSR count). The lowest BCUT2D eigenvalue weighted by Crippen LogP contribution is -2.38. The number of amides is 1.